The van der Waals surface area contributed by atoms with Gasteiger partial charge in [0.1, 0.15) is 0 Å². The van der Waals surface area contributed by atoms with E-state index in [4.69, 9.17) is 5.11 Å². The Morgan fingerprint density at radius 1 is 1.69 bits per heavy atom. The molecule has 0 aromatic carbocycles. The maximum atomic E-state index is 10.8. The molecule has 68 valence electrons. The summed E-state index contributed by atoms with van der Waals surface area (Å²) in [6.45, 7) is 0.957. The Labute approximate surface area is 75.6 Å². The fourth-order valence-corrected chi connectivity index (χ4v) is 1.43. The molecule has 2 rings (SSSR count). The van der Waals surface area contributed by atoms with Gasteiger partial charge in [0.05, 0.1) is 0 Å². The average molecular weight is 178 g/mol. The number of nitrogens with zero attached hydrogens (tertiary/aromatic N) is 1. The van der Waals surface area contributed by atoms with Crippen molar-refractivity contribution in [2.75, 3.05) is 6.54 Å². The van der Waals surface area contributed by atoms with Crippen molar-refractivity contribution in [1.82, 2.24) is 10.3 Å². The van der Waals surface area contributed by atoms with Crippen molar-refractivity contribution in [2.24, 2.45) is 0 Å². The minimum absolute atomic E-state index is 0.166. The number of carbonyl (C=O) groups is 1. The summed E-state index contributed by atoms with van der Waals surface area (Å²) in [6.07, 6.45) is 2.50. The summed E-state index contributed by atoms with van der Waals surface area (Å²) in [4.78, 5) is 14.6. The normalized spacial score (nSPS) is 20.8. The topological polar surface area (TPSA) is 62.2 Å². The predicted octanol–water partition coefficient (Wildman–Crippen LogP) is 0.814. The van der Waals surface area contributed by atoms with Gasteiger partial charge in [0.2, 0.25) is 0 Å². The van der Waals surface area contributed by atoms with Crippen LogP contribution in [-0.4, -0.2) is 22.6 Å². The lowest BCUT2D eigenvalue weighted by molar-refractivity contribution is 0.0687. The molecule has 1 saturated heterocycles. The van der Waals surface area contributed by atoms with Crippen LogP contribution in [0.5, 0.6) is 0 Å². The number of nitrogens with one attached hydrogen (secondary N) is 1. The Morgan fingerprint density at radius 2 is 2.46 bits per heavy atom. The van der Waals surface area contributed by atoms with E-state index < -0.39 is 5.97 Å². The van der Waals surface area contributed by atoms with Gasteiger partial charge in [-0.25, -0.2) is 9.78 Å². The Kier molecular flexibility index (Phi) is 1.98. The lowest BCUT2D eigenvalue weighted by Crippen LogP contribution is -2.36. The zero-order valence-corrected chi connectivity index (χ0v) is 7.03. The largest absolute Gasteiger partial charge is 0.477 e. The fourth-order valence-electron chi connectivity index (χ4n) is 1.43. The van der Waals surface area contributed by atoms with Crippen LogP contribution < -0.4 is 5.32 Å². The molecule has 4 nitrogen and oxygen atoms in total. The summed E-state index contributed by atoms with van der Waals surface area (Å²) < 4.78 is 0. The van der Waals surface area contributed by atoms with Gasteiger partial charge in [-0.15, -0.1) is 0 Å². The third kappa shape index (κ3) is 1.40. The second kappa shape index (κ2) is 3.14. The van der Waals surface area contributed by atoms with Crippen molar-refractivity contribution in [3.8, 4) is 0 Å². The monoisotopic (exact) mass is 178 g/mol. The lowest BCUT2D eigenvalue weighted by Gasteiger charge is -2.28. The fraction of sp³-hybridized carbons (Fsp3) is 0.333. The van der Waals surface area contributed by atoms with Crippen molar-refractivity contribution in [2.45, 2.75) is 12.5 Å². The zero-order valence-electron chi connectivity index (χ0n) is 7.03. The van der Waals surface area contributed by atoms with Crippen LogP contribution in [0.25, 0.3) is 0 Å². The second-order valence-electron chi connectivity index (χ2n) is 3.04. The molecule has 0 saturated carbocycles. The molecule has 1 unspecified atom stereocenters. The van der Waals surface area contributed by atoms with Gasteiger partial charge in [0.25, 0.3) is 0 Å². The zero-order chi connectivity index (χ0) is 9.26. The predicted molar refractivity (Wildman–Crippen MR) is 46.6 cm³/mol. The molecule has 13 heavy (non-hydrogen) atoms. The minimum Gasteiger partial charge on any atom is -0.477 e. The molecule has 2 N–H and O–H groups in total. The third-order valence-electron chi connectivity index (χ3n) is 2.24. The second-order valence-corrected chi connectivity index (χ2v) is 3.04. The quantitative estimate of drug-likeness (QED) is 0.703. The molecule has 1 aliphatic rings. The van der Waals surface area contributed by atoms with E-state index in [9.17, 15) is 4.79 Å². The molecule has 0 spiro atoms. The van der Waals surface area contributed by atoms with Crippen molar-refractivity contribution >= 4 is 5.97 Å². The maximum absolute atomic E-state index is 10.8. The summed E-state index contributed by atoms with van der Waals surface area (Å²) in [5.74, 6) is -0.954. The number of pyridine rings is 1. The number of aromatic nitrogens is 1. The molecule has 0 aliphatic carbocycles. The first kappa shape index (κ1) is 8.19. The number of rotatable bonds is 2. The first-order valence-corrected chi connectivity index (χ1v) is 4.20. The molecule has 2 heterocycles. The first-order valence-electron chi connectivity index (χ1n) is 4.20. The van der Waals surface area contributed by atoms with E-state index in [1.165, 1.54) is 6.20 Å². The summed E-state index contributed by atoms with van der Waals surface area (Å²) in [6, 6.07) is 3.76. The molecule has 1 fully saturated rings. The molecule has 0 amide bonds. The van der Waals surface area contributed by atoms with E-state index in [2.05, 4.69) is 10.3 Å². The van der Waals surface area contributed by atoms with E-state index in [0.717, 1.165) is 18.5 Å². The number of aromatic carboxylic acids is 1. The van der Waals surface area contributed by atoms with Gasteiger partial charge in [-0.05, 0) is 19.0 Å². The van der Waals surface area contributed by atoms with Gasteiger partial charge in [-0.2, -0.15) is 0 Å². The summed E-state index contributed by atoms with van der Waals surface area (Å²) in [7, 11) is 0. The number of hydrogen-bond acceptors (Lipinski definition) is 3. The van der Waals surface area contributed by atoms with Crippen LogP contribution in [0.2, 0.25) is 0 Å². The molecule has 1 aromatic heterocycles. The van der Waals surface area contributed by atoms with Crippen molar-refractivity contribution < 1.29 is 9.90 Å². The molecule has 4 heteroatoms. The SMILES string of the molecule is O=C(O)c1ncccc1C1CCN1. The number of hydrogen-bond donors (Lipinski definition) is 2. The highest BCUT2D eigenvalue weighted by atomic mass is 16.4. The van der Waals surface area contributed by atoms with Crippen LogP contribution in [0.15, 0.2) is 18.3 Å². The molecule has 0 bridgehead atoms. The Bertz CT molecular complexity index is 334. The van der Waals surface area contributed by atoms with E-state index in [1.807, 2.05) is 6.07 Å². The maximum Gasteiger partial charge on any atom is 0.354 e. The standard InChI is InChI=1S/C9H10N2O2/c12-9(13)8-6(2-1-4-11-8)7-3-5-10-7/h1-2,4,7,10H,3,5H2,(H,12,13). The molecule has 1 aliphatic heterocycles. The van der Waals surface area contributed by atoms with Gasteiger partial charge in [-0.3, -0.25) is 0 Å². The molecular weight excluding hydrogens is 168 g/mol. The smallest absolute Gasteiger partial charge is 0.354 e. The van der Waals surface area contributed by atoms with Gasteiger partial charge in [-0.1, -0.05) is 6.07 Å². The van der Waals surface area contributed by atoms with Crippen LogP contribution >= 0.6 is 0 Å². The van der Waals surface area contributed by atoms with Crippen LogP contribution in [0.4, 0.5) is 0 Å². The summed E-state index contributed by atoms with van der Waals surface area (Å²) >= 11 is 0. The molecular formula is C9H10N2O2. The van der Waals surface area contributed by atoms with Crippen LogP contribution in [0, 0.1) is 0 Å². The van der Waals surface area contributed by atoms with Crippen LogP contribution in [0.3, 0.4) is 0 Å². The molecule has 0 radical (unpaired) electrons. The van der Waals surface area contributed by atoms with Gasteiger partial charge >= 0.3 is 5.97 Å². The Balaban J connectivity index is 2.36. The third-order valence-corrected chi connectivity index (χ3v) is 2.24. The van der Waals surface area contributed by atoms with Gasteiger partial charge < -0.3 is 10.4 Å². The highest BCUT2D eigenvalue weighted by Gasteiger charge is 2.24. The minimum atomic E-state index is -0.954. The number of carboxylic acid groups (broad SMARTS) is 1. The summed E-state index contributed by atoms with van der Waals surface area (Å²) in [5, 5.41) is 12.0. The number of carboxylic acids is 1. The summed E-state index contributed by atoms with van der Waals surface area (Å²) in [5.41, 5.74) is 0.959. The van der Waals surface area contributed by atoms with E-state index in [1.54, 1.807) is 6.07 Å². The Hall–Kier alpha value is -1.42. The molecule has 1 atom stereocenters. The van der Waals surface area contributed by atoms with E-state index in [-0.39, 0.29) is 11.7 Å². The lowest BCUT2D eigenvalue weighted by atomic mass is 9.97. The van der Waals surface area contributed by atoms with Crippen molar-refractivity contribution in [3.63, 3.8) is 0 Å². The van der Waals surface area contributed by atoms with Crippen molar-refractivity contribution in [3.05, 3.63) is 29.6 Å². The Morgan fingerprint density at radius 3 is 3.00 bits per heavy atom. The average Bonchev–Trinajstić information content (AvgIpc) is 2.02. The van der Waals surface area contributed by atoms with E-state index >= 15 is 0 Å². The van der Waals surface area contributed by atoms with E-state index in [0.29, 0.717) is 0 Å². The molecule has 1 aromatic rings. The van der Waals surface area contributed by atoms with Crippen molar-refractivity contribution in [1.29, 1.82) is 0 Å². The first-order chi connectivity index (χ1) is 6.29. The highest BCUT2D eigenvalue weighted by molar-refractivity contribution is 5.87. The highest BCUT2D eigenvalue weighted by Crippen LogP contribution is 2.24. The van der Waals surface area contributed by atoms with Gasteiger partial charge in [0, 0.05) is 17.8 Å². The van der Waals surface area contributed by atoms with Gasteiger partial charge in [0.15, 0.2) is 5.69 Å². The van der Waals surface area contributed by atoms with Crippen LogP contribution in [-0.2, 0) is 0 Å². The van der Waals surface area contributed by atoms with Crippen LogP contribution in [0.1, 0.15) is 28.5 Å².